The average Bonchev–Trinajstić information content (AvgIpc) is 2.74. The number of hydrogen-bond acceptors (Lipinski definition) is 4. The van der Waals surface area contributed by atoms with Gasteiger partial charge in [0, 0.05) is 11.6 Å². The Balaban J connectivity index is 2.36. The van der Waals surface area contributed by atoms with Crippen LogP contribution in [0.25, 0.3) is 11.5 Å². The highest BCUT2D eigenvalue weighted by molar-refractivity contribution is 5.52. The van der Waals surface area contributed by atoms with Crippen LogP contribution in [-0.4, -0.2) is 10.1 Å². The minimum Gasteiger partial charge on any atom is -0.334 e. The van der Waals surface area contributed by atoms with Crippen molar-refractivity contribution in [2.75, 3.05) is 0 Å². The van der Waals surface area contributed by atoms with Crippen LogP contribution in [0.15, 0.2) is 22.7 Å². The molecule has 4 nitrogen and oxygen atoms in total. The fraction of sp³-hybridized carbons (Fsp3) is 0.385. The van der Waals surface area contributed by atoms with E-state index >= 15 is 0 Å². The molecule has 0 fully saturated rings. The Morgan fingerprint density at radius 1 is 1.16 bits per heavy atom. The first-order chi connectivity index (χ1) is 8.77. The number of halogens is 2. The van der Waals surface area contributed by atoms with Gasteiger partial charge in [-0.1, -0.05) is 25.9 Å². The number of rotatable bonds is 2. The van der Waals surface area contributed by atoms with Crippen molar-refractivity contribution in [1.82, 2.24) is 10.1 Å². The Kier molecular flexibility index (Phi) is 3.36. The summed E-state index contributed by atoms with van der Waals surface area (Å²) in [4.78, 5) is 4.09. The van der Waals surface area contributed by atoms with Crippen molar-refractivity contribution >= 4 is 0 Å². The number of hydrogen-bond donors (Lipinski definition) is 1. The standard InChI is InChI=1S/C13H15F2N3O/c1-13(2,3)10(16)11-17-12(19-18-11)7-4-8(14)6-9(15)5-7/h4-6,10H,16H2,1-3H3. The molecule has 0 aliphatic rings. The van der Waals surface area contributed by atoms with Gasteiger partial charge in [0.25, 0.3) is 5.89 Å². The molecule has 0 saturated heterocycles. The van der Waals surface area contributed by atoms with E-state index in [1.54, 1.807) is 0 Å². The molecule has 0 spiro atoms. The predicted octanol–water partition coefficient (Wildman–Crippen LogP) is 3.06. The summed E-state index contributed by atoms with van der Waals surface area (Å²) in [6.07, 6.45) is 0. The average molecular weight is 267 g/mol. The number of benzene rings is 1. The van der Waals surface area contributed by atoms with Crippen LogP contribution in [-0.2, 0) is 0 Å². The van der Waals surface area contributed by atoms with Gasteiger partial charge in [0.15, 0.2) is 5.82 Å². The molecule has 0 bridgehead atoms. The molecule has 2 rings (SSSR count). The quantitative estimate of drug-likeness (QED) is 0.908. The minimum absolute atomic E-state index is 0.0492. The second kappa shape index (κ2) is 4.70. The molecule has 0 aliphatic carbocycles. The van der Waals surface area contributed by atoms with E-state index < -0.39 is 17.7 Å². The summed E-state index contributed by atoms with van der Waals surface area (Å²) in [6, 6.07) is 2.61. The lowest BCUT2D eigenvalue weighted by Gasteiger charge is -2.23. The van der Waals surface area contributed by atoms with Gasteiger partial charge in [-0.15, -0.1) is 0 Å². The Morgan fingerprint density at radius 2 is 1.74 bits per heavy atom. The van der Waals surface area contributed by atoms with E-state index in [0.29, 0.717) is 5.82 Å². The highest BCUT2D eigenvalue weighted by Crippen LogP contribution is 2.30. The molecule has 1 aromatic heterocycles. The normalized spacial score (nSPS) is 13.6. The van der Waals surface area contributed by atoms with Crippen LogP contribution in [0.3, 0.4) is 0 Å². The first-order valence-corrected chi connectivity index (χ1v) is 5.83. The van der Waals surface area contributed by atoms with Crippen LogP contribution >= 0.6 is 0 Å². The van der Waals surface area contributed by atoms with E-state index in [9.17, 15) is 8.78 Å². The maximum absolute atomic E-state index is 13.1. The van der Waals surface area contributed by atoms with Crippen LogP contribution in [0.1, 0.15) is 32.6 Å². The van der Waals surface area contributed by atoms with Gasteiger partial charge in [-0.3, -0.25) is 0 Å². The Bertz CT molecular complexity index is 570. The lowest BCUT2D eigenvalue weighted by Crippen LogP contribution is -2.27. The SMILES string of the molecule is CC(C)(C)C(N)c1noc(-c2cc(F)cc(F)c2)n1. The van der Waals surface area contributed by atoms with Crippen molar-refractivity contribution in [3.63, 3.8) is 0 Å². The summed E-state index contributed by atoms with van der Waals surface area (Å²) in [5.74, 6) is -1.04. The molecule has 1 unspecified atom stereocenters. The van der Waals surface area contributed by atoms with E-state index in [-0.39, 0.29) is 16.9 Å². The summed E-state index contributed by atoms with van der Waals surface area (Å²) in [5, 5.41) is 3.76. The molecule has 2 N–H and O–H groups in total. The monoisotopic (exact) mass is 267 g/mol. The fourth-order valence-corrected chi connectivity index (χ4v) is 1.54. The van der Waals surface area contributed by atoms with Crippen LogP contribution in [0.5, 0.6) is 0 Å². The highest BCUT2D eigenvalue weighted by Gasteiger charge is 2.27. The zero-order valence-corrected chi connectivity index (χ0v) is 10.9. The van der Waals surface area contributed by atoms with Crippen molar-refractivity contribution < 1.29 is 13.3 Å². The number of nitrogens with two attached hydrogens (primary N) is 1. The number of nitrogens with zero attached hydrogens (tertiary/aromatic N) is 2. The zero-order valence-electron chi connectivity index (χ0n) is 10.9. The predicted molar refractivity (Wildman–Crippen MR) is 66.0 cm³/mol. The Hall–Kier alpha value is -1.82. The first-order valence-electron chi connectivity index (χ1n) is 5.83. The summed E-state index contributed by atoms with van der Waals surface area (Å²) in [7, 11) is 0. The van der Waals surface area contributed by atoms with E-state index in [1.807, 2.05) is 20.8 Å². The molecule has 6 heteroatoms. The minimum atomic E-state index is -0.699. The van der Waals surface area contributed by atoms with E-state index in [4.69, 9.17) is 10.3 Å². The molecule has 2 aromatic rings. The maximum atomic E-state index is 13.1. The Labute approximate surface area is 109 Å². The smallest absolute Gasteiger partial charge is 0.258 e. The molecule has 1 heterocycles. The highest BCUT2D eigenvalue weighted by atomic mass is 19.1. The van der Waals surface area contributed by atoms with E-state index in [1.165, 1.54) is 0 Å². The van der Waals surface area contributed by atoms with Crippen LogP contribution in [0, 0.1) is 17.0 Å². The van der Waals surface area contributed by atoms with Crippen molar-refractivity contribution in [1.29, 1.82) is 0 Å². The largest absolute Gasteiger partial charge is 0.334 e. The van der Waals surface area contributed by atoms with Gasteiger partial charge in [-0.05, 0) is 17.5 Å². The van der Waals surface area contributed by atoms with E-state index in [2.05, 4.69) is 10.1 Å². The maximum Gasteiger partial charge on any atom is 0.258 e. The van der Waals surface area contributed by atoms with Gasteiger partial charge in [-0.2, -0.15) is 4.98 Å². The Morgan fingerprint density at radius 3 is 2.26 bits per heavy atom. The molecule has 0 saturated carbocycles. The van der Waals surface area contributed by atoms with Gasteiger partial charge >= 0.3 is 0 Å². The second-order valence-corrected chi connectivity index (χ2v) is 5.46. The molecule has 0 radical (unpaired) electrons. The van der Waals surface area contributed by atoms with Crippen molar-refractivity contribution in [2.24, 2.45) is 11.1 Å². The van der Waals surface area contributed by atoms with Crippen molar-refractivity contribution in [3.05, 3.63) is 35.7 Å². The van der Waals surface area contributed by atoms with Gasteiger partial charge in [0.2, 0.25) is 0 Å². The first kappa shape index (κ1) is 13.6. The third-order valence-electron chi connectivity index (χ3n) is 2.76. The zero-order chi connectivity index (χ0) is 14.2. The second-order valence-electron chi connectivity index (χ2n) is 5.46. The molecule has 1 atom stereocenters. The topological polar surface area (TPSA) is 64.9 Å². The third-order valence-corrected chi connectivity index (χ3v) is 2.76. The fourth-order valence-electron chi connectivity index (χ4n) is 1.54. The summed E-state index contributed by atoms with van der Waals surface area (Å²) >= 11 is 0. The van der Waals surface area contributed by atoms with E-state index in [0.717, 1.165) is 18.2 Å². The number of aromatic nitrogens is 2. The van der Waals surface area contributed by atoms with Gasteiger partial charge < -0.3 is 10.3 Å². The summed E-state index contributed by atoms with van der Waals surface area (Å²) in [5.41, 5.74) is 5.94. The van der Waals surface area contributed by atoms with Gasteiger partial charge in [0.1, 0.15) is 11.6 Å². The van der Waals surface area contributed by atoms with Gasteiger partial charge in [0.05, 0.1) is 6.04 Å². The summed E-state index contributed by atoms with van der Waals surface area (Å²) < 4.78 is 31.2. The third kappa shape index (κ3) is 2.96. The van der Waals surface area contributed by atoms with Gasteiger partial charge in [-0.25, -0.2) is 8.78 Å². The van der Waals surface area contributed by atoms with Crippen molar-refractivity contribution in [2.45, 2.75) is 26.8 Å². The summed E-state index contributed by atoms with van der Waals surface area (Å²) in [6.45, 7) is 5.82. The van der Waals surface area contributed by atoms with Crippen molar-refractivity contribution in [3.8, 4) is 11.5 Å². The lowest BCUT2D eigenvalue weighted by molar-refractivity contribution is 0.303. The van der Waals surface area contributed by atoms with Crippen LogP contribution < -0.4 is 5.73 Å². The van der Waals surface area contributed by atoms with Crippen LogP contribution in [0.4, 0.5) is 8.78 Å². The molecule has 102 valence electrons. The molecule has 1 aromatic carbocycles. The molecular formula is C13H15F2N3O. The molecular weight excluding hydrogens is 252 g/mol. The molecule has 19 heavy (non-hydrogen) atoms. The lowest BCUT2D eigenvalue weighted by atomic mass is 9.87. The van der Waals surface area contributed by atoms with Crippen LogP contribution in [0.2, 0.25) is 0 Å². The molecule has 0 amide bonds. The molecule has 0 aliphatic heterocycles.